The monoisotopic (exact) mass is 303 g/mol. The predicted molar refractivity (Wildman–Crippen MR) is 76.8 cm³/mol. The third-order valence-corrected chi connectivity index (χ3v) is 3.11. The van der Waals surface area contributed by atoms with E-state index in [0.717, 1.165) is 38.1 Å². The number of hydrogen-bond acceptors (Lipinski definition) is 5. The van der Waals surface area contributed by atoms with Crippen molar-refractivity contribution in [2.24, 2.45) is 0 Å². The molecule has 0 spiro atoms. The molecule has 2 rings (SSSR count). The lowest BCUT2D eigenvalue weighted by Gasteiger charge is -2.10. The average Bonchev–Trinajstić information content (AvgIpc) is 3.07. The third kappa shape index (κ3) is 5.48. The molecule has 20 heavy (non-hydrogen) atoms. The van der Waals surface area contributed by atoms with Crippen molar-refractivity contribution in [1.82, 2.24) is 15.8 Å². The SMILES string of the molecule is CCc1cc(CNC(=O)CNCC2CCCO2)on1.Cl. The molecule has 0 saturated carbocycles. The van der Waals surface area contributed by atoms with Gasteiger partial charge in [0, 0.05) is 19.2 Å². The van der Waals surface area contributed by atoms with E-state index in [4.69, 9.17) is 9.26 Å². The molecule has 2 N–H and O–H groups in total. The lowest BCUT2D eigenvalue weighted by atomic mass is 10.2. The molecule has 1 atom stereocenters. The number of carbonyl (C=O) groups is 1. The van der Waals surface area contributed by atoms with Crippen molar-refractivity contribution in [2.75, 3.05) is 19.7 Å². The summed E-state index contributed by atoms with van der Waals surface area (Å²) in [6.45, 7) is 4.26. The second-order valence-electron chi connectivity index (χ2n) is 4.68. The Bertz CT molecular complexity index is 405. The molecule has 1 aliphatic rings. The van der Waals surface area contributed by atoms with Gasteiger partial charge in [0.15, 0.2) is 5.76 Å². The number of aromatic nitrogens is 1. The number of halogens is 1. The highest BCUT2D eigenvalue weighted by Gasteiger charge is 2.15. The van der Waals surface area contributed by atoms with Crippen molar-refractivity contribution in [3.8, 4) is 0 Å². The third-order valence-electron chi connectivity index (χ3n) is 3.11. The van der Waals surface area contributed by atoms with E-state index in [9.17, 15) is 4.79 Å². The van der Waals surface area contributed by atoms with Crippen LogP contribution in [0.4, 0.5) is 0 Å². The fourth-order valence-electron chi connectivity index (χ4n) is 2.01. The van der Waals surface area contributed by atoms with Gasteiger partial charge in [-0.3, -0.25) is 4.79 Å². The number of amides is 1. The first kappa shape index (κ1) is 16.9. The van der Waals surface area contributed by atoms with Crippen LogP contribution in [-0.2, 0) is 22.5 Å². The van der Waals surface area contributed by atoms with Crippen LogP contribution >= 0.6 is 12.4 Å². The van der Waals surface area contributed by atoms with E-state index in [2.05, 4.69) is 15.8 Å². The molecule has 2 heterocycles. The van der Waals surface area contributed by atoms with Gasteiger partial charge in [0.05, 0.1) is 24.9 Å². The number of aryl methyl sites for hydroxylation is 1. The van der Waals surface area contributed by atoms with Gasteiger partial charge in [-0.05, 0) is 19.3 Å². The maximum Gasteiger partial charge on any atom is 0.234 e. The summed E-state index contributed by atoms with van der Waals surface area (Å²) in [6, 6.07) is 1.86. The number of ether oxygens (including phenoxy) is 1. The maximum atomic E-state index is 11.6. The Morgan fingerprint density at radius 3 is 3.05 bits per heavy atom. The van der Waals surface area contributed by atoms with Crippen molar-refractivity contribution in [1.29, 1.82) is 0 Å². The second kappa shape index (κ2) is 8.94. The van der Waals surface area contributed by atoms with Gasteiger partial charge in [0.1, 0.15) is 0 Å². The number of nitrogens with one attached hydrogen (secondary N) is 2. The molecular formula is C13H22ClN3O3. The van der Waals surface area contributed by atoms with Gasteiger partial charge in [0.2, 0.25) is 5.91 Å². The summed E-state index contributed by atoms with van der Waals surface area (Å²) in [7, 11) is 0. The highest BCUT2D eigenvalue weighted by molar-refractivity contribution is 5.85. The zero-order chi connectivity index (χ0) is 13.5. The van der Waals surface area contributed by atoms with Crippen molar-refractivity contribution in [3.63, 3.8) is 0 Å². The first-order valence-electron chi connectivity index (χ1n) is 6.81. The number of rotatable bonds is 7. The van der Waals surface area contributed by atoms with E-state index in [1.54, 1.807) is 0 Å². The smallest absolute Gasteiger partial charge is 0.234 e. The van der Waals surface area contributed by atoms with Crippen LogP contribution in [0.1, 0.15) is 31.2 Å². The molecule has 1 aromatic rings. The summed E-state index contributed by atoms with van der Waals surface area (Å²) in [5.41, 5.74) is 0.903. The van der Waals surface area contributed by atoms with Crippen molar-refractivity contribution >= 4 is 18.3 Å². The van der Waals surface area contributed by atoms with E-state index >= 15 is 0 Å². The summed E-state index contributed by atoms with van der Waals surface area (Å²) in [5, 5.41) is 9.75. The van der Waals surface area contributed by atoms with Gasteiger partial charge in [-0.1, -0.05) is 12.1 Å². The molecule has 1 saturated heterocycles. The lowest BCUT2D eigenvalue weighted by molar-refractivity contribution is -0.120. The molecule has 114 valence electrons. The minimum atomic E-state index is -0.0487. The topological polar surface area (TPSA) is 76.4 Å². The van der Waals surface area contributed by atoms with Crippen LogP contribution in [0.15, 0.2) is 10.6 Å². The average molecular weight is 304 g/mol. The van der Waals surface area contributed by atoms with Gasteiger partial charge in [0.25, 0.3) is 0 Å². The zero-order valence-corrected chi connectivity index (χ0v) is 12.5. The van der Waals surface area contributed by atoms with Crippen molar-refractivity contribution < 1.29 is 14.1 Å². The first-order chi connectivity index (χ1) is 9.28. The molecule has 0 bridgehead atoms. The van der Waals surface area contributed by atoms with Gasteiger partial charge in [-0.15, -0.1) is 12.4 Å². The van der Waals surface area contributed by atoms with Gasteiger partial charge < -0.3 is 19.9 Å². The molecule has 1 aromatic heterocycles. The van der Waals surface area contributed by atoms with Crippen LogP contribution in [0, 0.1) is 0 Å². The minimum absolute atomic E-state index is 0. The normalized spacial score (nSPS) is 17.8. The molecule has 1 aliphatic heterocycles. The lowest BCUT2D eigenvalue weighted by Crippen LogP contribution is -2.36. The number of nitrogens with zero attached hydrogens (tertiary/aromatic N) is 1. The van der Waals surface area contributed by atoms with E-state index in [0.29, 0.717) is 18.8 Å². The minimum Gasteiger partial charge on any atom is -0.377 e. The van der Waals surface area contributed by atoms with Crippen LogP contribution in [0.25, 0.3) is 0 Å². The van der Waals surface area contributed by atoms with E-state index in [1.165, 1.54) is 0 Å². The molecule has 6 nitrogen and oxygen atoms in total. The van der Waals surface area contributed by atoms with Crippen molar-refractivity contribution in [3.05, 3.63) is 17.5 Å². The number of hydrogen-bond donors (Lipinski definition) is 2. The van der Waals surface area contributed by atoms with E-state index in [-0.39, 0.29) is 24.4 Å². The van der Waals surface area contributed by atoms with Gasteiger partial charge in [-0.25, -0.2) is 0 Å². The molecule has 0 radical (unpaired) electrons. The largest absolute Gasteiger partial charge is 0.377 e. The highest BCUT2D eigenvalue weighted by Crippen LogP contribution is 2.10. The summed E-state index contributed by atoms with van der Waals surface area (Å²) >= 11 is 0. The Kier molecular flexibility index (Phi) is 7.58. The van der Waals surface area contributed by atoms with Crippen LogP contribution in [0.3, 0.4) is 0 Å². The Morgan fingerprint density at radius 2 is 2.40 bits per heavy atom. The predicted octanol–water partition coefficient (Wildman–Crippen LogP) is 1.04. The second-order valence-corrected chi connectivity index (χ2v) is 4.68. The van der Waals surface area contributed by atoms with Crippen molar-refractivity contribution in [2.45, 2.75) is 38.8 Å². The molecule has 1 fully saturated rings. The fraction of sp³-hybridized carbons (Fsp3) is 0.692. The summed E-state index contributed by atoms with van der Waals surface area (Å²) in [4.78, 5) is 11.6. The van der Waals surface area contributed by atoms with Gasteiger partial charge >= 0.3 is 0 Å². The summed E-state index contributed by atoms with van der Waals surface area (Å²) < 4.78 is 10.5. The quantitative estimate of drug-likeness (QED) is 0.787. The summed E-state index contributed by atoms with van der Waals surface area (Å²) in [6.07, 6.45) is 3.28. The first-order valence-corrected chi connectivity index (χ1v) is 6.81. The molecule has 7 heteroatoms. The highest BCUT2D eigenvalue weighted by atomic mass is 35.5. The fourth-order valence-corrected chi connectivity index (χ4v) is 2.01. The van der Waals surface area contributed by atoms with Crippen LogP contribution < -0.4 is 10.6 Å². The molecule has 0 aliphatic carbocycles. The molecular weight excluding hydrogens is 282 g/mol. The van der Waals surface area contributed by atoms with E-state index in [1.807, 2.05) is 13.0 Å². The zero-order valence-electron chi connectivity index (χ0n) is 11.7. The Hall–Kier alpha value is -1.11. The van der Waals surface area contributed by atoms with Crippen LogP contribution in [0.5, 0.6) is 0 Å². The van der Waals surface area contributed by atoms with Crippen LogP contribution in [0.2, 0.25) is 0 Å². The van der Waals surface area contributed by atoms with Gasteiger partial charge in [-0.2, -0.15) is 0 Å². The Labute approximate surface area is 125 Å². The van der Waals surface area contributed by atoms with E-state index < -0.39 is 0 Å². The summed E-state index contributed by atoms with van der Waals surface area (Å²) in [5.74, 6) is 0.636. The molecule has 1 amide bonds. The Balaban J connectivity index is 0.00000200. The molecule has 0 aromatic carbocycles. The molecule has 1 unspecified atom stereocenters. The standard InChI is InChI=1S/C13H21N3O3.ClH/c1-2-10-6-12(19-16-10)8-15-13(17)9-14-7-11-4-3-5-18-11;/h6,11,14H,2-5,7-9H2,1H3,(H,15,17);1H. The Morgan fingerprint density at radius 1 is 1.55 bits per heavy atom. The van der Waals surface area contributed by atoms with Crippen LogP contribution in [-0.4, -0.2) is 36.9 Å². The number of carbonyl (C=O) groups excluding carboxylic acids is 1. The maximum absolute atomic E-state index is 11.6.